The predicted molar refractivity (Wildman–Crippen MR) is 77.7 cm³/mol. The summed E-state index contributed by atoms with van der Waals surface area (Å²) in [5.41, 5.74) is 6.39. The van der Waals surface area contributed by atoms with Crippen molar-refractivity contribution in [1.29, 1.82) is 0 Å². The van der Waals surface area contributed by atoms with Crippen LogP contribution in [0.1, 0.15) is 0 Å². The van der Waals surface area contributed by atoms with E-state index in [-0.39, 0.29) is 5.75 Å². The summed E-state index contributed by atoms with van der Waals surface area (Å²) in [6.07, 6.45) is 0. The van der Waals surface area contributed by atoms with Crippen LogP contribution in [0.25, 0.3) is 0 Å². The van der Waals surface area contributed by atoms with Crippen LogP contribution in [0.3, 0.4) is 0 Å². The molecule has 0 aliphatic carbocycles. The number of urea groups is 1. The lowest BCUT2D eigenvalue weighted by Crippen LogP contribution is -2.31. The molecule has 2 amide bonds. The van der Waals surface area contributed by atoms with Gasteiger partial charge >= 0.3 is 12.0 Å². The van der Waals surface area contributed by atoms with Gasteiger partial charge in [-0.25, -0.2) is 9.59 Å². The van der Waals surface area contributed by atoms with Crippen LogP contribution in [0.4, 0.5) is 16.2 Å². The molecule has 0 saturated heterocycles. The summed E-state index contributed by atoms with van der Waals surface area (Å²) in [4.78, 5) is 23.7. The molecule has 0 aromatic heterocycles. The van der Waals surface area contributed by atoms with Gasteiger partial charge in [0.1, 0.15) is 5.75 Å². The van der Waals surface area contributed by atoms with Gasteiger partial charge in [-0.05, 0) is 24.3 Å². The lowest BCUT2D eigenvalue weighted by atomic mass is 10.2. The Morgan fingerprint density at radius 2 is 1.67 bits per heavy atom. The van der Waals surface area contributed by atoms with Crippen molar-refractivity contribution in [3.05, 3.63) is 54.6 Å². The number of para-hydroxylation sites is 3. The first-order valence-corrected chi connectivity index (χ1v) is 6.18. The summed E-state index contributed by atoms with van der Waals surface area (Å²) in [7, 11) is 0. The van der Waals surface area contributed by atoms with E-state index < -0.39 is 18.6 Å². The van der Waals surface area contributed by atoms with Crippen molar-refractivity contribution < 1.29 is 19.4 Å². The fourth-order valence-corrected chi connectivity index (χ4v) is 1.87. The molecule has 0 fully saturated rings. The first-order valence-electron chi connectivity index (χ1n) is 6.18. The van der Waals surface area contributed by atoms with Crippen LogP contribution in [-0.4, -0.2) is 23.7 Å². The number of hydrogen-bond donors (Lipinski definition) is 2. The number of aliphatic carboxylic acids is 1. The number of anilines is 2. The molecule has 0 spiro atoms. The van der Waals surface area contributed by atoms with E-state index in [2.05, 4.69) is 0 Å². The summed E-state index contributed by atoms with van der Waals surface area (Å²) in [5.74, 6) is -0.835. The molecule has 6 heteroatoms. The number of carbonyl (C=O) groups excluding carboxylic acids is 1. The molecule has 2 rings (SSSR count). The Morgan fingerprint density at radius 1 is 1.05 bits per heavy atom. The third-order valence-corrected chi connectivity index (χ3v) is 2.69. The zero-order valence-corrected chi connectivity index (χ0v) is 11.1. The number of nitrogens with zero attached hydrogens (tertiary/aromatic N) is 1. The van der Waals surface area contributed by atoms with E-state index in [9.17, 15) is 9.59 Å². The predicted octanol–water partition coefficient (Wildman–Crippen LogP) is 2.37. The molecule has 0 saturated carbocycles. The lowest BCUT2D eigenvalue weighted by Gasteiger charge is -2.22. The number of carbonyl (C=O) groups is 2. The van der Waals surface area contributed by atoms with Crippen molar-refractivity contribution in [3.63, 3.8) is 0 Å². The van der Waals surface area contributed by atoms with Gasteiger partial charge in [0.05, 0.1) is 11.4 Å². The maximum Gasteiger partial charge on any atom is 0.341 e. The van der Waals surface area contributed by atoms with Crippen molar-refractivity contribution in [3.8, 4) is 5.75 Å². The van der Waals surface area contributed by atoms with Crippen LogP contribution < -0.4 is 15.4 Å². The number of amides is 2. The van der Waals surface area contributed by atoms with E-state index in [4.69, 9.17) is 15.6 Å². The summed E-state index contributed by atoms with van der Waals surface area (Å²) in [6, 6.07) is 14.7. The molecule has 0 aliphatic heterocycles. The molecule has 2 aromatic rings. The van der Waals surface area contributed by atoms with Crippen LogP contribution in [0.15, 0.2) is 54.6 Å². The molecule has 21 heavy (non-hydrogen) atoms. The minimum Gasteiger partial charge on any atom is -0.480 e. The van der Waals surface area contributed by atoms with Gasteiger partial charge < -0.3 is 15.6 Å². The maximum absolute atomic E-state index is 11.8. The number of carboxylic acid groups (broad SMARTS) is 1. The molecule has 0 atom stereocenters. The third-order valence-electron chi connectivity index (χ3n) is 2.69. The third kappa shape index (κ3) is 3.50. The second kappa shape index (κ2) is 6.42. The molecule has 0 unspecified atom stereocenters. The molecule has 2 aromatic carbocycles. The average Bonchev–Trinajstić information content (AvgIpc) is 2.47. The van der Waals surface area contributed by atoms with Crippen molar-refractivity contribution in [2.45, 2.75) is 0 Å². The monoisotopic (exact) mass is 286 g/mol. The van der Waals surface area contributed by atoms with Crippen LogP contribution in [0, 0.1) is 0 Å². The second-order valence-electron chi connectivity index (χ2n) is 4.16. The van der Waals surface area contributed by atoms with Crippen molar-refractivity contribution >= 4 is 23.4 Å². The minimum absolute atomic E-state index is 0.266. The normalized spacial score (nSPS) is 9.90. The topological polar surface area (TPSA) is 92.9 Å². The highest BCUT2D eigenvalue weighted by atomic mass is 16.5. The zero-order valence-electron chi connectivity index (χ0n) is 11.1. The maximum atomic E-state index is 11.8. The lowest BCUT2D eigenvalue weighted by molar-refractivity contribution is -0.139. The highest BCUT2D eigenvalue weighted by molar-refractivity contribution is 5.99. The number of rotatable bonds is 5. The zero-order chi connectivity index (χ0) is 15.2. The van der Waals surface area contributed by atoms with Gasteiger partial charge in [-0.1, -0.05) is 30.3 Å². The molecule has 6 nitrogen and oxygen atoms in total. The molecular formula is C15H14N2O4. The number of ether oxygens (including phenoxy) is 1. The SMILES string of the molecule is NC(=O)N(c1ccccc1)c1ccccc1OCC(=O)O. The molecule has 108 valence electrons. The molecule has 0 heterocycles. The van der Waals surface area contributed by atoms with Crippen LogP contribution in [0.2, 0.25) is 0 Å². The van der Waals surface area contributed by atoms with Gasteiger partial charge in [0.25, 0.3) is 0 Å². The molecule has 3 N–H and O–H groups in total. The molecule has 0 bridgehead atoms. The summed E-state index contributed by atoms with van der Waals surface area (Å²) in [5, 5.41) is 8.70. The minimum atomic E-state index is -1.10. The van der Waals surface area contributed by atoms with Crippen LogP contribution >= 0.6 is 0 Å². The Hall–Kier alpha value is -3.02. The highest BCUT2D eigenvalue weighted by Crippen LogP contribution is 2.33. The van der Waals surface area contributed by atoms with Gasteiger partial charge in [-0.2, -0.15) is 0 Å². The number of primary amides is 1. The van der Waals surface area contributed by atoms with Gasteiger partial charge in [0, 0.05) is 0 Å². The Balaban J connectivity index is 2.41. The van der Waals surface area contributed by atoms with Crippen molar-refractivity contribution in [1.82, 2.24) is 0 Å². The number of hydrogen-bond acceptors (Lipinski definition) is 3. The van der Waals surface area contributed by atoms with E-state index in [1.807, 2.05) is 6.07 Å². The molecule has 0 aliphatic rings. The summed E-state index contributed by atoms with van der Waals surface area (Å²) >= 11 is 0. The van der Waals surface area contributed by atoms with Crippen LogP contribution in [-0.2, 0) is 4.79 Å². The Morgan fingerprint density at radius 3 is 2.29 bits per heavy atom. The van der Waals surface area contributed by atoms with E-state index in [0.717, 1.165) is 0 Å². The van der Waals surface area contributed by atoms with Gasteiger partial charge in [-0.3, -0.25) is 4.90 Å². The quantitative estimate of drug-likeness (QED) is 0.882. The van der Waals surface area contributed by atoms with Crippen molar-refractivity contribution in [2.24, 2.45) is 5.73 Å². The second-order valence-corrected chi connectivity index (χ2v) is 4.16. The molecular weight excluding hydrogens is 272 g/mol. The standard InChI is InChI=1S/C15H14N2O4/c16-15(20)17(11-6-2-1-3-7-11)12-8-4-5-9-13(12)21-10-14(18)19/h1-9H,10H2,(H2,16,20)(H,18,19). The van der Waals surface area contributed by atoms with E-state index in [1.54, 1.807) is 48.5 Å². The average molecular weight is 286 g/mol. The Kier molecular flexibility index (Phi) is 4.40. The van der Waals surface area contributed by atoms with Gasteiger partial charge in [0.15, 0.2) is 6.61 Å². The Bertz CT molecular complexity index is 643. The smallest absolute Gasteiger partial charge is 0.341 e. The fraction of sp³-hybridized carbons (Fsp3) is 0.0667. The summed E-state index contributed by atoms with van der Waals surface area (Å²) in [6.45, 7) is -0.502. The first-order chi connectivity index (χ1) is 10.1. The fourth-order valence-electron chi connectivity index (χ4n) is 1.87. The van der Waals surface area contributed by atoms with Gasteiger partial charge in [-0.15, -0.1) is 0 Å². The van der Waals surface area contributed by atoms with E-state index in [1.165, 1.54) is 4.90 Å². The largest absolute Gasteiger partial charge is 0.480 e. The first kappa shape index (κ1) is 14.4. The Labute approximate surface area is 121 Å². The number of nitrogens with two attached hydrogens (primary N) is 1. The summed E-state index contributed by atoms with van der Waals surface area (Å²) < 4.78 is 5.20. The van der Waals surface area contributed by atoms with Crippen molar-refractivity contribution in [2.75, 3.05) is 11.5 Å². The van der Waals surface area contributed by atoms with E-state index >= 15 is 0 Å². The number of benzene rings is 2. The van der Waals surface area contributed by atoms with E-state index in [0.29, 0.717) is 11.4 Å². The van der Waals surface area contributed by atoms with Crippen LogP contribution in [0.5, 0.6) is 5.75 Å². The molecule has 0 radical (unpaired) electrons. The highest BCUT2D eigenvalue weighted by Gasteiger charge is 2.19. The number of carboxylic acids is 1. The van der Waals surface area contributed by atoms with Gasteiger partial charge in [0.2, 0.25) is 0 Å².